The summed E-state index contributed by atoms with van der Waals surface area (Å²) in [5, 5.41) is 0. The number of aliphatic imine (C=N–C) groups is 1. The average molecular weight is 153 g/mol. The van der Waals surface area contributed by atoms with Crippen molar-refractivity contribution in [1.82, 2.24) is 0 Å². The zero-order valence-electron chi connectivity index (χ0n) is 8.15. The van der Waals surface area contributed by atoms with E-state index in [0.29, 0.717) is 5.41 Å². The molecule has 0 radical (unpaired) electrons. The molecule has 0 aromatic carbocycles. The van der Waals surface area contributed by atoms with Crippen molar-refractivity contribution >= 4 is 5.71 Å². The molecule has 0 aromatic rings. The highest BCUT2D eigenvalue weighted by Gasteiger charge is 2.29. The monoisotopic (exact) mass is 153 g/mol. The summed E-state index contributed by atoms with van der Waals surface area (Å²) < 4.78 is 0. The van der Waals surface area contributed by atoms with Gasteiger partial charge in [-0.2, -0.15) is 0 Å². The molecule has 1 rings (SSSR count). The lowest BCUT2D eigenvalue weighted by molar-refractivity contribution is 0.353. The van der Waals surface area contributed by atoms with Crippen LogP contribution in [0.15, 0.2) is 4.99 Å². The molecule has 0 aromatic heterocycles. The first-order valence-corrected chi connectivity index (χ1v) is 4.60. The van der Waals surface area contributed by atoms with Gasteiger partial charge in [0.25, 0.3) is 0 Å². The third kappa shape index (κ3) is 1.82. The van der Waals surface area contributed by atoms with Gasteiger partial charge in [-0.1, -0.05) is 27.7 Å². The van der Waals surface area contributed by atoms with E-state index in [9.17, 15) is 0 Å². The van der Waals surface area contributed by atoms with Crippen LogP contribution >= 0.6 is 0 Å². The standard InChI is InChI=1S/C10H19N/c1-5-9-10(3,4)6-8(2)7-11-9/h8H,5-7H2,1-4H3. The molecule has 0 saturated carbocycles. The zero-order valence-corrected chi connectivity index (χ0v) is 8.15. The van der Waals surface area contributed by atoms with Gasteiger partial charge in [0, 0.05) is 17.7 Å². The minimum Gasteiger partial charge on any atom is -0.293 e. The van der Waals surface area contributed by atoms with E-state index in [1.54, 1.807) is 0 Å². The van der Waals surface area contributed by atoms with Crippen molar-refractivity contribution in [2.24, 2.45) is 16.3 Å². The van der Waals surface area contributed by atoms with E-state index in [0.717, 1.165) is 18.9 Å². The number of hydrogen-bond donors (Lipinski definition) is 0. The SMILES string of the molecule is CCC1=NCC(C)CC1(C)C. The van der Waals surface area contributed by atoms with Crippen molar-refractivity contribution in [3.63, 3.8) is 0 Å². The van der Waals surface area contributed by atoms with Gasteiger partial charge < -0.3 is 0 Å². The Morgan fingerprint density at radius 3 is 2.64 bits per heavy atom. The van der Waals surface area contributed by atoms with Crippen LogP contribution in [0.4, 0.5) is 0 Å². The van der Waals surface area contributed by atoms with Crippen LogP contribution in [-0.2, 0) is 0 Å². The van der Waals surface area contributed by atoms with Gasteiger partial charge in [-0.3, -0.25) is 4.99 Å². The van der Waals surface area contributed by atoms with Crippen molar-refractivity contribution < 1.29 is 0 Å². The summed E-state index contributed by atoms with van der Waals surface area (Å²) in [5.41, 5.74) is 1.78. The lowest BCUT2D eigenvalue weighted by Crippen LogP contribution is -2.31. The summed E-state index contributed by atoms with van der Waals surface area (Å²) in [6.07, 6.45) is 2.43. The Balaban J connectivity index is 2.77. The van der Waals surface area contributed by atoms with Crippen LogP contribution in [-0.4, -0.2) is 12.3 Å². The zero-order chi connectivity index (χ0) is 8.48. The Hall–Kier alpha value is -0.330. The Morgan fingerprint density at radius 2 is 2.18 bits per heavy atom. The molecule has 0 spiro atoms. The third-order valence-corrected chi connectivity index (χ3v) is 2.57. The van der Waals surface area contributed by atoms with E-state index in [4.69, 9.17) is 0 Å². The van der Waals surface area contributed by atoms with Crippen molar-refractivity contribution in [3.8, 4) is 0 Å². The number of nitrogens with zero attached hydrogens (tertiary/aromatic N) is 1. The molecule has 0 N–H and O–H groups in total. The predicted molar refractivity (Wildman–Crippen MR) is 50.2 cm³/mol. The van der Waals surface area contributed by atoms with E-state index in [2.05, 4.69) is 32.7 Å². The van der Waals surface area contributed by atoms with Crippen LogP contribution in [0, 0.1) is 11.3 Å². The van der Waals surface area contributed by atoms with E-state index in [1.165, 1.54) is 12.1 Å². The average Bonchev–Trinajstić information content (AvgIpc) is 1.85. The minimum atomic E-state index is 0.367. The van der Waals surface area contributed by atoms with Gasteiger partial charge in [0.1, 0.15) is 0 Å². The second-order valence-electron chi connectivity index (χ2n) is 4.33. The topological polar surface area (TPSA) is 12.4 Å². The summed E-state index contributed by atoms with van der Waals surface area (Å²) in [6, 6.07) is 0. The van der Waals surface area contributed by atoms with Gasteiger partial charge in [0.2, 0.25) is 0 Å². The Bertz CT molecular complexity index is 168. The lowest BCUT2D eigenvalue weighted by Gasteiger charge is -2.33. The van der Waals surface area contributed by atoms with E-state index in [-0.39, 0.29) is 0 Å². The van der Waals surface area contributed by atoms with Crippen molar-refractivity contribution in [1.29, 1.82) is 0 Å². The molecular weight excluding hydrogens is 134 g/mol. The summed E-state index contributed by atoms with van der Waals surface area (Å²) in [7, 11) is 0. The first-order chi connectivity index (χ1) is 5.06. The van der Waals surface area contributed by atoms with Crippen molar-refractivity contribution in [2.75, 3.05) is 6.54 Å². The van der Waals surface area contributed by atoms with Crippen LogP contribution in [0.25, 0.3) is 0 Å². The van der Waals surface area contributed by atoms with Gasteiger partial charge in [0.15, 0.2) is 0 Å². The highest BCUT2D eigenvalue weighted by molar-refractivity contribution is 5.89. The largest absolute Gasteiger partial charge is 0.293 e. The molecule has 1 nitrogen and oxygen atoms in total. The van der Waals surface area contributed by atoms with Gasteiger partial charge in [-0.05, 0) is 18.8 Å². The summed E-state index contributed by atoms with van der Waals surface area (Å²) in [4.78, 5) is 4.60. The van der Waals surface area contributed by atoms with E-state index < -0.39 is 0 Å². The molecule has 0 bridgehead atoms. The molecule has 64 valence electrons. The highest BCUT2D eigenvalue weighted by Crippen LogP contribution is 2.32. The van der Waals surface area contributed by atoms with Crippen molar-refractivity contribution in [3.05, 3.63) is 0 Å². The van der Waals surface area contributed by atoms with Crippen LogP contribution in [0.1, 0.15) is 40.5 Å². The van der Waals surface area contributed by atoms with Gasteiger partial charge in [-0.25, -0.2) is 0 Å². The van der Waals surface area contributed by atoms with Crippen LogP contribution < -0.4 is 0 Å². The third-order valence-electron chi connectivity index (χ3n) is 2.57. The quantitative estimate of drug-likeness (QED) is 0.549. The first-order valence-electron chi connectivity index (χ1n) is 4.60. The van der Waals surface area contributed by atoms with Crippen LogP contribution in [0.5, 0.6) is 0 Å². The summed E-state index contributed by atoms with van der Waals surface area (Å²) in [6.45, 7) is 10.2. The molecule has 0 fully saturated rings. The van der Waals surface area contributed by atoms with Crippen LogP contribution in [0.2, 0.25) is 0 Å². The van der Waals surface area contributed by atoms with Crippen LogP contribution in [0.3, 0.4) is 0 Å². The molecule has 1 aliphatic heterocycles. The van der Waals surface area contributed by atoms with E-state index >= 15 is 0 Å². The molecule has 1 unspecified atom stereocenters. The second-order valence-corrected chi connectivity index (χ2v) is 4.33. The second kappa shape index (κ2) is 2.96. The van der Waals surface area contributed by atoms with E-state index in [1.807, 2.05) is 0 Å². The minimum absolute atomic E-state index is 0.367. The maximum atomic E-state index is 4.60. The Morgan fingerprint density at radius 1 is 1.55 bits per heavy atom. The predicted octanol–water partition coefficient (Wildman–Crippen LogP) is 2.90. The lowest BCUT2D eigenvalue weighted by atomic mass is 9.76. The Labute approximate surface area is 69.9 Å². The van der Waals surface area contributed by atoms with Gasteiger partial charge in [-0.15, -0.1) is 0 Å². The molecule has 0 amide bonds. The summed E-state index contributed by atoms with van der Waals surface area (Å²) in [5.74, 6) is 0.778. The molecule has 0 aliphatic carbocycles. The maximum Gasteiger partial charge on any atom is 0.0414 e. The summed E-state index contributed by atoms with van der Waals surface area (Å²) >= 11 is 0. The number of rotatable bonds is 1. The normalized spacial score (nSPS) is 29.8. The fourth-order valence-electron chi connectivity index (χ4n) is 2.12. The Kier molecular flexibility index (Phi) is 2.36. The maximum absolute atomic E-state index is 4.60. The highest BCUT2D eigenvalue weighted by atomic mass is 14.8. The fourth-order valence-corrected chi connectivity index (χ4v) is 2.12. The molecule has 1 heterocycles. The fraction of sp³-hybridized carbons (Fsp3) is 0.900. The molecule has 1 aliphatic rings. The molecule has 1 heteroatoms. The number of hydrogen-bond acceptors (Lipinski definition) is 1. The smallest absolute Gasteiger partial charge is 0.0414 e. The molecule has 1 atom stereocenters. The molecule has 0 saturated heterocycles. The van der Waals surface area contributed by atoms with Gasteiger partial charge in [0.05, 0.1) is 0 Å². The molecule has 11 heavy (non-hydrogen) atoms. The first kappa shape index (κ1) is 8.76. The molecular formula is C10H19N. The van der Waals surface area contributed by atoms with Gasteiger partial charge >= 0.3 is 0 Å². The van der Waals surface area contributed by atoms with Crippen molar-refractivity contribution in [2.45, 2.75) is 40.5 Å².